The minimum atomic E-state index is -3.40. The maximum atomic E-state index is 12.7. The van der Waals surface area contributed by atoms with E-state index in [4.69, 9.17) is 14.5 Å². The first-order valence-corrected chi connectivity index (χ1v) is 15.6. The number of hydrogen-bond donors (Lipinski definition) is 1. The van der Waals surface area contributed by atoms with E-state index in [-0.39, 0.29) is 18.3 Å². The zero-order valence-electron chi connectivity index (χ0n) is 22.5. The van der Waals surface area contributed by atoms with E-state index >= 15 is 0 Å². The normalized spacial score (nSPS) is 17.8. The van der Waals surface area contributed by atoms with Crippen molar-refractivity contribution in [3.8, 4) is 10.9 Å². The first-order valence-electron chi connectivity index (χ1n) is 13.2. The Morgan fingerprint density at radius 2 is 1.90 bits per heavy atom. The molecule has 0 bridgehead atoms. The van der Waals surface area contributed by atoms with Crippen LogP contribution in [0.25, 0.3) is 15.8 Å². The van der Waals surface area contributed by atoms with Crippen molar-refractivity contribution < 1.29 is 23.0 Å². The van der Waals surface area contributed by atoms with Gasteiger partial charge in [0, 0.05) is 39.0 Å². The molecule has 1 saturated heterocycles. The molecule has 39 heavy (non-hydrogen) atoms. The molecule has 0 unspecified atom stereocenters. The fraction of sp³-hybridized carbons (Fsp3) is 0.519. The summed E-state index contributed by atoms with van der Waals surface area (Å²) < 4.78 is 39.3. The van der Waals surface area contributed by atoms with E-state index in [1.54, 1.807) is 44.7 Å². The Hall–Kier alpha value is -2.80. The van der Waals surface area contributed by atoms with E-state index in [9.17, 15) is 13.5 Å². The van der Waals surface area contributed by atoms with Crippen molar-refractivity contribution in [2.75, 3.05) is 43.9 Å². The van der Waals surface area contributed by atoms with Gasteiger partial charge in [-0.1, -0.05) is 23.5 Å². The standard InChI is InChI=1S/C27H35N5O5S2/c1-27(2,33)10-15-39(34,35)32-13-6-19(7-14-32)20-4-5-23-24(16-20)38-26(30-23)37-21-8-11-31(12-9-21)25-28-17-22(36-3)18-29-25/h4-6,16-18,21,33H,7-15H2,1-3H3. The van der Waals surface area contributed by atoms with Gasteiger partial charge < -0.3 is 19.5 Å². The van der Waals surface area contributed by atoms with E-state index in [1.165, 1.54) is 4.31 Å². The third kappa shape index (κ3) is 6.86. The van der Waals surface area contributed by atoms with Gasteiger partial charge in [-0.2, -0.15) is 4.31 Å². The quantitative estimate of drug-likeness (QED) is 0.409. The molecule has 0 radical (unpaired) electrons. The largest absolute Gasteiger partial charge is 0.494 e. The number of aromatic nitrogens is 3. The second kappa shape index (κ2) is 11.4. The second-order valence-electron chi connectivity index (χ2n) is 10.6. The zero-order chi connectivity index (χ0) is 27.6. The van der Waals surface area contributed by atoms with Gasteiger partial charge in [0.15, 0.2) is 5.75 Å². The third-order valence-electron chi connectivity index (χ3n) is 7.12. The van der Waals surface area contributed by atoms with Crippen LogP contribution in [0.4, 0.5) is 5.95 Å². The lowest BCUT2D eigenvalue weighted by Crippen LogP contribution is -2.39. The Morgan fingerprint density at radius 1 is 1.15 bits per heavy atom. The van der Waals surface area contributed by atoms with Crippen molar-refractivity contribution in [1.29, 1.82) is 0 Å². The van der Waals surface area contributed by atoms with Crippen molar-refractivity contribution in [2.24, 2.45) is 0 Å². The molecular weight excluding hydrogens is 538 g/mol. The molecule has 1 N–H and O–H groups in total. The van der Waals surface area contributed by atoms with Gasteiger partial charge in [0.05, 0.1) is 41.1 Å². The van der Waals surface area contributed by atoms with Crippen LogP contribution < -0.4 is 14.4 Å². The number of methoxy groups -OCH3 is 1. The average molecular weight is 574 g/mol. The summed E-state index contributed by atoms with van der Waals surface area (Å²) in [5.41, 5.74) is 2.11. The molecule has 0 atom stereocenters. The number of nitrogens with zero attached hydrogens (tertiary/aromatic N) is 5. The lowest BCUT2D eigenvalue weighted by atomic mass is 10.0. The van der Waals surface area contributed by atoms with Crippen molar-refractivity contribution in [3.05, 3.63) is 42.2 Å². The number of hydrogen-bond acceptors (Lipinski definition) is 10. The van der Waals surface area contributed by atoms with Gasteiger partial charge in [-0.25, -0.2) is 23.4 Å². The van der Waals surface area contributed by atoms with Crippen LogP contribution in [0.15, 0.2) is 36.7 Å². The summed E-state index contributed by atoms with van der Waals surface area (Å²) in [5, 5.41) is 10.6. The van der Waals surface area contributed by atoms with Crippen molar-refractivity contribution in [3.63, 3.8) is 0 Å². The summed E-state index contributed by atoms with van der Waals surface area (Å²) in [6.07, 6.45) is 8.02. The Balaban J connectivity index is 1.18. The molecule has 12 heteroatoms. The highest BCUT2D eigenvalue weighted by atomic mass is 32.2. The number of rotatable bonds is 9. The number of thiazole rings is 1. The lowest BCUT2D eigenvalue weighted by molar-refractivity contribution is 0.0769. The minimum Gasteiger partial charge on any atom is -0.494 e. The van der Waals surface area contributed by atoms with E-state index in [2.05, 4.69) is 20.9 Å². The number of fused-ring (bicyclic) bond motifs is 1. The third-order valence-corrected chi connectivity index (χ3v) is 9.87. The molecule has 5 rings (SSSR count). The number of anilines is 1. The van der Waals surface area contributed by atoms with Crippen LogP contribution in [0.5, 0.6) is 10.9 Å². The maximum absolute atomic E-state index is 12.7. The fourth-order valence-corrected chi connectivity index (χ4v) is 7.33. The molecule has 0 aliphatic carbocycles. The van der Waals surface area contributed by atoms with Gasteiger partial charge >= 0.3 is 0 Å². The van der Waals surface area contributed by atoms with Crippen LogP contribution in [0.2, 0.25) is 0 Å². The van der Waals surface area contributed by atoms with Gasteiger partial charge in [0.25, 0.3) is 5.19 Å². The van der Waals surface area contributed by atoms with Crippen LogP contribution in [-0.2, 0) is 10.0 Å². The molecule has 4 heterocycles. The highest BCUT2D eigenvalue weighted by molar-refractivity contribution is 7.89. The summed E-state index contributed by atoms with van der Waals surface area (Å²) in [7, 11) is -1.80. The van der Waals surface area contributed by atoms with Gasteiger partial charge in [-0.15, -0.1) is 0 Å². The molecule has 2 aliphatic heterocycles. The van der Waals surface area contributed by atoms with E-state index in [1.807, 2.05) is 18.2 Å². The van der Waals surface area contributed by atoms with Crippen molar-refractivity contribution >= 4 is 43.1 Å². The molecule has 1 fully saturated rings. The molecular formula is C27H35N5O5S2. The first kappa shape index (κ1) is 27.8. The fourth-order valence-electron chi connectivity index (χ4n) is 4.72. The summed E-state index contributed by atoms with van der Waals surface area (Å²) in [6, 6.07) is 6.17. The van der Waals surface area contributed by atoms with Crippen LogP contribution in [0.1, 0.15) is 45.1 Å². The molecule has 3 aromatic rings. The molecule has 0 spiro atoms. The summed E-state index contributed by atoms with van der Waals surface area (Å²) >= 11 is 1.54. The number of aliphatic hydroxyl groups is 1. The average Bonchev–Trinajstić information content (AvgIpc) is 3.34. The van der Waals surface area contributed by atoms with Gasteiger partial charge in [0.2, 0.25) is 16.0 Å². The van der Waals surface area contributed by atoms with E-state index in [0.29, 0.717) is 36.4 Å². The molecule has 210 valence electrons. The molecule has 2 aromatic heterocycles. The van der Waals surface area contributed by atoms with Crippen LogP contribution >= 0.6 is 11.3 Å². The highest BCUT2D eigenvalue weighted by Gasteiger charge is 2.27. The van der Waals surface area contributed by atoms with Gasteiger partial charge in [-0.05, 0) is 50.0 Å². The monoisotopic (exact) mass is 573 g/mol. The Bertz CT molecular complexity index is 1430. The van der Waals surface area contributed by atoms with Crippen LogP contribution in [-0.4, -0.2) is 83.5 Å². The number of benzene rings is 1. The topological polar surface area (TPSA) is 118 Å². The molecule has 10 nitrogen and oxygen atoms in total. The molecule has 0 saturated carbocycles. The van der Waals surface area contributed by atoms with Crippen LogP contribution in [0, 0.1) is 0 Å². The van der Waals surface area contributed by atoms with Crippen molar-refractivity contribution in [1.82, 2.24) is 19.3 Å². The summed E-state index contributed by atoms with van der Waals surface area (Å²) in [5.74, 6) is 1.29. The van der Waals surface area contributed by atoms with Crippen molar-refractivity contribution in [2.45, 2.75) is 51.2 Å². The SMILES string of the molecule is COc1cnc(N2CCC(Oc3nc4ccc(C5=CCN(S(=O)(=O)CCC(C)(C)O)CC5)cc4s3)CC2)nc1. The van der Waals surface area contributed by atoms with Crippen LogP contribution in [0.3, 0.4) is 0 Å². The molecule has 0 amide bonds. The molecule has 1 aromatic carbocycles. The van der Waals surface area contributed by atoms with E-state index in [0.717, 1.165) is 47.3 Å². The Morgan fingerprint density at radius 3 is 2.54 bits per heavy atom. The van der Waals surface area contributed by atoms with Gasteiger partial charge in [-0.3, -0.25) is 0 Å². The lowest BCUT2D eigenvalue weighted by Gasteiger charge is -2.31. The maximum Gasteiger partial charge on any atom is 0.274 e. The Labute approximate surface area is 233 Å². The zero-order valence-corrected chi connectivity index (χ0v) is 24.2. The number of piperidine rings is 1. The smallest absolute Gasteiger partial charge is 0.274 e. The van der Waals surface area contributed by atoms with Gasteiger partial charge in [0.1, 0.15) is 6.10 Å². The number of ether oxygens (including phenoxy) is 2. The Kier molecular flexibility index (Phi) is 8.08. The number of sulfonamides is 1. The predicted octanol–water partition coefficient (Wildman–Crippen LogP) is 3.72. The first-order chi connectivity index (χ1) is 18.6. The predicted molar refractivity (Wildman–Crippen MR) is 153 cm³/mol. The summed E-state index contributed by atoms with van der Waals surface area (Å²) in [6.45, 7) is 5.67. The van der Waals surface area contributed by atoms with E-state index < -0.39 is 15.6 Å². The highest BCUT2D eigenvalue weighted by Crippen LogP contribution is 2.33. The molecule has 2 aliphatic rings. The minimum absolute atomic E-state index is 0.0520. The second-order valence-corrected chi connectivity index (χ2v) is 13.7. The summed E-state index contributed by atoms with van der Waals surface area (Å²) in [4.78, 5) is 15.6.